The molecule has 4 heterocycles. The molecule has 0 radical (unpaired) electrons. The Labute approximate surface area is 140 Å². The molecule has 4 aromatic rings. The molecule has 0 unspecified atom stereocenters. The number of nitrogens with one attached hydrogen (secondary N) is 1. The van der Waals surface area contributed by atoms with Crippen molar-refractivity contribution in [2.75, 3.05) is 5.32 Å². The van der Waals surface area contributed by atoms with E-state index < -0.39 is 0 Å². The highest BCUT2D eigenvalue weighted by atomic mass is 32.1. The molecule has 0 bridgehead atoms. The van der Waals surface area contributed by atoms with Crippen LogP contribution in [0.2, 0.25) is 0 Å². The van der Waals surface area contributed by atoms with Crippen LogP contribution >= 0.6 is 22.7 Å². The average Bonchev–Trinajstić information content (AvgIpc) is 3.36. The molecule has 0 aromatic carbocycles. The number of anilines is 1. The van der Waals surface area contributed by atoms with Crippen molar-refractivity contribution in [3.8, 4) is 21.1 Å². The van der Waals surface area contributed by atoms with E-state index in [2.05, 4.69) is 26.3 Å². The maximum Gasteiger partial charge on any atom is 0.223 e. The Hall–Kier alpha value is -2.51. The van der Waals surface area contributed by atoms with E-state index in [1.54, 1.807) is 35.1 Å². The quantitative estimate of drug-likeness (QED) is 0.578. The molecule has 4 rings (SSSR count). The monoisotopic (exact) mass is 340 g/mol. The van der Waals surface area contributed by atoms with Crippen LogP contribution in [0.3, 0.4) is 0 Å². The van der Waals surface area contributed by atoms with Crippen LogP contribution in [0, 0.1) is 0 Å². The van der Waals surface area contributed by atoms with E-state index in [4.69, 9.17) is 4.42 Å². The Kier molecular flexibility index (Phi) is 3.87. The van der Waals surface area contributed by atoms with E-state index in [0.717, 1.165) is 26.9 Å². The van der Waals surface area contributed by atoms with Gasteiger partial charge in [0.05, 0.1) is 12.8 Å². The van der Waals surface area contributed by atoms with Crippen molar-refractivity contribution in [1.29, 1.82) is 0 Å². The Morgan fingerprint density at radius 3 is 2.83 bits per heavy atom. The first kappa shape index (κ1) is 14.1. The van der Waals surface area contributed by atoms with Gasteiger partial charge in [0.1, 0.15) is 16.5 Å². The molecule has 0 aliphatic rings. The van der Waals surface area contributed by atoms with Crippen LogP contribution in [0.4, 0.5) is 5.95 Å². The Morgan fingerprint density at radius 2 is 2.09 bits per heavy atom. The molecule has 4 aromatic heterocycles. The molecule has 23 heavy (non-hydrogen) atoms. The zero-order valence-corrected chi connectivity index (χ0v) is 13.6. The minimum absolute atomic E-state index is 0.544. The van der Waals surface area contributed by atoms with Crippen molar-refractivity contribution >= 4 is 28.6 Å². The van der Waals surface area contributed by atoms with E-state index in [-0.39, 0.29) is 0 Å². The van der Waals surface area contributed by atoms with Gasteiger partial charge in [-0.05, 0) is 23.6 Å². The molecular formula is C16H12N4OS2. The fourth-order valence-electron chi connectivity index (χ4n) is 2.16. The molecule has 0 amide bonds. The van der Waals surface area contributed by atoms with Crippen LogP contribution in [0.25, 0.3) is 21.1 Å². The number of aromatic nitrogens is 3. The van der Waals surface area contributed by atoms with E-state index in [0.29, 0.717) is 12.5 Å². The standard InChI is InChI=1S/C16H12N4OS2/c1-3-11(21-6-1)9-18-16-19-10-12(13-4-2-7-22-13)14(20-16)15-17-5-8-23-15/h1-8,10H,9H2,(H,18,19,20). The molecule has 0 aliphatic heterocycles. The van der Waals surface area contributed by atoms with Crippen LogP contribution in [-0.4, -0.2) is 15.0 Å². The van der Waals surface area contributed by atoms with Crippen LogP contribution in [-0.2, 0) is 6.54 Å². The summed E-state index contributed by atoms with van der Waals surface area (Å²) in [6, 6.07) is 7.86. The highest BCUT2D eigenvalue weighted by molar-refractivity contribution is 7.14. The second kappa shape index (κ2) is 6.31. The number of rotatable bonds is 5. The lowest BCUT2D eigenvalue weighted by molar-refractivity contribution is 0.517. The Bertz CT molecular complexity index is 871. The SMILES string of the molecule is c1coc(CNc2ncc(-c3cccs3)c(-c3nccs3)n2)c1. The van der Waals surface area contributed by atoms with Crippen molar-refractivity contribution in [1.82, 2.24) is 15.0 Å². The average molecular weight is 340 g/mol. The molecule has 0 spiro atoms. The summed E-state index contributed by atoms with van der Waals surface area (Å²) in [7, 11) is 0. The predicted octanol–water partition coefficient (Wildman–Crippen LogP) is 4.53. The highest BCUT2D eigenvalue weighted by Crippen LogP contribution is 2.34. The molecule has 7 heteroatoms. The fraction of sp³-hybridized carbons (Fsp3) is 0.0625. The summed E-state index contributed by atoms with van der Waals surface area (Å²) in [5, 5.41) is 8.07. The molecule has 1 N–H and O–H groups in total. The smallest absolute Gasteiger partial charge is 0.223 e. The predicted molar refractivity (Wildman–Crippen MR) is 92.5 cm³/mol. The third-order valence-corrected chi connectivity index (χ3v) is 4.89. The second-order valence-corrected chi connectivity index (χ2v) is 6.55. The summed E-state index contributed by atoms with van der Waals surface area (Å²) >= 11 is 3.24. The molecule has 0 saturated heterocycles. The summed E-state index contributed by atoms with van der Waals surface area (Å²) < 4.78 is 5.31. The lowest BCUT2D eigenvalue weighted by Crippen LogP contribution is -2.04. The zero-order valence-electron chi connectivity index (χ0n) is 12.0. The first-order chi connectivity index (χ1) is 11.4. The van der Waals surface area contributed by atoms with Gasteiger partial charge in [-0.15, -0.1) is 22.7 Å². The lowest BCUT2D eigenvalue weighted by atomic mass is 10.2. The van der Waals surface area contributed by atoms with Gasteiger partial charge in [0.15, 0.2) is 0 Å². The number of furan rings is 1. The van der Waals surface area contributed by atoms with Crippen molar-refractivity contribution in [3.63, 3.8) is 0 Å². The lowest BCUT2D eigenvalue weighted by Gasteiger charge is -2.08. The third kappa shape index (κ3) is 3.01. The molecule has 0 atom stereocenters. The van der Waals surface area contributed by atoms with Crippen molar-refractivity contribution in [2.24, 2.45) is 0 Å². The van der Waals surface area contributed by atoms with Crippen molar-refractivity contribution < 1.29 is 4.42 Å². The van der Waals surface area contributed by atoms with Gasteiger partial charge >= 0.3 is 0 Å². The van der Waals surface area contributed by atoms with Crippen LogP contribution < -0.4 is 5.32 Å². The van der Waals surface area contributed by atoms with Crippen molar-refractivity contribution in [2.45, 2.75) is 6.54 Å². The summed E-state index contributed by atoms with van der Waals surface area (Å²) in [6.45, 7) is 0.544. The zero-order chi connectivity index (χ0) is 15.5. The van der Waals surface area contributed by atoms with E-state index in [1.165, 1.54) is 0 Å². The summed E-state index contributed by atoms with van der Waals surface area (Å²) in [5.74, 6) is 1.40. The summed E-state index contributed by atoms with van der Waals surface area (Å²) in [4.78, 5) is 14.6. The third-order valence-electron chi connectivity index (χ3n) is 3.21. The number of nitrogens with zero attached hydrogens (tertiary/aromatic N) is 3. The Balaban J connectivity index is 1.69. The fourth-order valence-corrected chi connectivity index (χ4v) is 3.54. The summed E-state index contributed by atoms with van der Waals surface area (Å²) in [6.07, 6.45) is 5.29. The molecule has 0 saturated carbocycles. The first-order valence-corrected chi connectivity index (χ1v) is 8.73. The minimum atomic E-state index is 0.544. The Morgan fingerprint density at radius 1 is 1.09 bits per heavy atom. The first-order valence-electron chi connectivity index (χ1n) is 6.97. The number of hydrogen-bond donors (Lipinski definition) is 1. The van der Waals surface area contributed by atoms with Gasteiger partial charge in [0, 0.05) is 28.2 Å². The molecular weight excluding hydrogens is 328 g/mol. The van der Waals surface area contributed by atoms with Gasteiger partial charge in [0.2, 0.25) is 5.95 Å². The largest absolute Gasteiger partial charge is 0.467 e. The second-order valence-electron chi connectivity index (χ2n) is 4.70. The maximum atomic E-state index is 5.31. The van der Waals surface area contributed by atoms with Crippen LogP contribution in [0.1, 0.15) is 5.76 Å². The molecule has 0 aliphatic carbocycles. The number of hydrogen-bond acceptors (Lipinski definition) is 7. The van der Waals surface area contributed by atoms with Gasteiger partial charge in [-0.25, -0.2) is 15.0 Å². The highest BCUT2D eigenvalue weighted by Gasteiger charge is 2.14. The number of thiophene rings is 1. The van der Waals surface area contributed by atoms with E-state index >= 15 is 0 Å². The molecule has 114 valence electrons. The summed E-state index contributed by atoms with van der Waals surface area (Å²) in [5.41, 5.74) is 1.85. The van der Waals surface area contributed by atoms with Gasteiger partial charge in [0.25, 0.3) is 0 Å². The van der Waals surface area contributed by atoms with E-state index in [9.17, 15) is 0 Å². The topological polar surface area (TPSA) is 63.8 Å². The maximum absolute atomic E-state index is 5.31. The van der Waals surface area contributed by atoms with E-state index in [1.807, 2.05) is 35.2 Å². The van der Waals surface area contributed by atoms with Crippen molar-refractivity contribution in [3.05, 3.63) is 59.4 Å². The van der Waals surface area contributed by atoms with Gasteiger partial charge in [-0.1, -0.05) is 6.07 Å². The molecule has 0 fully saturated rings. The number of thiazole rings is 1. The van der Waals surface area contributed by atoms with Gasteiger partial charge in [-0.3, -0.25) is 0 Å². The van der Waals surface area contributed by atoms with Gasteiger partial charge < -0.3 is 9.73 Å². The minimum Gasteiger partial charge on any atom is -0.467 e. The van der Waals surface area contributed by atoms with Crippen LogP contribution in [0.5, 0.6) is 0 Å². The molecule has 5 nitrogen and oxygen atoms in total. The van der Waals surface area contributed by atoms with Gasteiger partial charge in [-0.2, -0.15) is 0 Å². The van der Waals surface area contributed by atoms with Crippen LogP contribution in [0.15, 0.2) is 58.1 Å². The normalized spacial score (nSPS) is 10.8.